The molecule has 0 radical (unpaired) electrons. The van der Waals surface area contributed by atoms with Crippen LogP contribution in [0, 0.1) is 0 Å². The summed E-state index contributed by atoms with van der Waals surface area (Å²) in [5, 5.41) is 9.33. The molecule has 1 unspecified atom stereocenters. The highest BCUT2D eigenvalue weighted by atomic mass is 32.2. The zero-order valence-electron chi connectivity index (χ0n) is 10.2. The van der Waals surface area contributed by atoms with Crippen molar-refractivity contribution in [1.82, 2.24) is 9.29 Å². The van der Waals surface area contributed by atoms with Crippen LogP contribution in [0.4, 0.5) is 0 Å². The average molecular weight is 269 g/mol. The van der Waals surface area contributed by atoms with Crippen LogP contribution in [0.5, 0.6) is 0 Å². The van der Waals surface area contributed by atoms with E-state index in [1.165, 1.54) is 6.42 Å². The standard InChI is InChI=1S/C12H19N3O2S/c13-12(11(16)10-4-6-14-7-5-10)18(17)15-8-2-1-3-9-15/h4-7,11-12,16H,1-3,8-9,13H2/t11-,12-,18?/m0/s1. The zero-order chi connectivity index (χ0) is 13.0. The Morgan fingerprint density at radius 1 is 1.28 bits per heavy atom. The van der Waals surface area contributed by atoms with Crippen LogP contribution in [0.15, 0.2) is 24.5 Å². The number of hydrogen-bond donors (Lipinski definition) is 2. The third kappa shape index (κ3) is 3.14. The van der Waals surface area contributed by atoms with Crippen LogP contribution in [0.2, 0.25) is 0 Å². The molecule has 1 saturated heterocycles. The molecule has 2 rings (SSSR count). The molecule has 1 aliphatic heterocycles. The van der Waals surface area contributed by atoms with Gasteiger partial charge < -0.3 is 10.8 Å². The lowest BCUT2D eigenvalue weighted by molar-refractivity contribution is 0.171. The van der Waals surface area contributed by atoms with Crippen molar-refractivity contribution in [3.05, 3.63) is 30.1 Å². The van der Waals surface area contributed by atoms with E-state index in [0.717, 1.165) is 25.9 Å². The van der Waals surface area contributed by atoms with Crippen molar-refractivity contribution < 1.29 is 9.32 Å². The van der Waals surface area contributed by atoms with Crippen molar-refractivity contribution in [3.63, 3.8) is 0 Å². The van der Waals surface area contributed by atoms with E-state index in [4.69, 9.17) is 5.73 Å². The quantitative estimate of drug-likeness (QED) is 0.836. The molecule has 0 spiro atoms. The summed E-state index contributed by atoms with van der Waals surface area (Å²) in [7, 11) is -1.34. The number of aliphatic hydroxyl groups excluding tert-OH is 1. The Balaban J connectivity index is 2.01. The minimum atomic E-state index is -1.34. The Morgan fingerprint density at radius 2 is 1.89 bits per heavy atom. The first kappa shape index (κ1) is 13.6. The molecule has 0 aromatic carbocycles. The maximum Gasteiger partial charge on any atom is 0.126 e. The Bertz CT molecular complexity index is 396. The molecule has 100 valence electrons. The van der Waals surface area contributed by atoms with Crippen LogP contribution in [0.25, 0.3) is 0 Å². The van der Waals surface area contributed by atoms with Gasteiger partial charge in [0.2, 0.25) is 0 Å². The molecule has 0 bridgehead atoms. The smallest absolute Gasteiger partial charge is 0.126 e. The molecule has 5 nitrogen and oxygen atoms in total. The number of aliphatic hydroxyl groups is 1. The maximum absolute atomic E-state index is 12.2. The molecule has 2 heterocycles. The monoisotopic (exact) mass is 269 g/mol. The number of nitrogens with zero attached hydrogens (tertiary/aromatic N) is 2. The van der Waals surface area contributed by atoms with Crippen molar-refractivity contribution in [3.8, 4) is 0 Å². The second-order valence-electron chi connectivity index (χ2n) is 4.46. The summed E-state index contributed by atoms with van der Waals surface area (Å²) in [6, 6.07) is 3.38. The van der Waals surface area contributed by atoms with Crippen molar-refractivity contribution in [1.29, 1.82) is 0 Å². The van der Waals surface area contributed by atoms with Gasteiger partial charge in [-0.3, -0.25) is 4.98 Å². The van der Waals surface area contributed by atoms with Crippen molar-refractivity contribution in [2.45, 2.75) is 30.7 Å². The molecule has 1 aliphatic rings. The fourth-order valence-electron chi connectivity index (χ4n) is 2.08. The fourth-order valence-corrected chi connectivity index (χ4v) is 3.42. The lowest BCUT2D eigenvalue weighted by Crippen LogP contribution is -2.44. The normalized spacial score (nSPS) is 22.3. The summed E-state index contributed by atoms with van der Waals surface area (Å²) in [5.41, 5.74) is 6.57. The molecular weight excluding hydrogens is 250 g/mol. The number of nitrogens with two attached hydrogens (primary N) is 1. The summed E-state index contributed by atoms with van der Waals surface area (Å²) in [6.07, 6.45) is 5.53. The van der Waals surface area contributed by atoms with Crippen LogP contribution in [0.1, 0.15) is 30.9 Å². The Labute approximate surface area is 110 Å². The van der Waals surface area contributed by atoms with Gasteiger partial charge in [0.05, 0.1) is 0 Å². The topological polar surface area (TPSA) is 79.5 Å². The predicted octanol–water partition coefficient (Wildman–Crippen LogP) is 0.549. The van der Waals surface area contributed by atoms with Gasteiger partial charge in [-0.2, -0.15) is 0 Å². The molecule has 3 N–H and O–H groups in total. The van der Waals surface area contributed by atoms with Gasteiger partial charge in [-0.15, -0.1) is 0 Å². The second kappa shape index (κ2) is 6.38. The van der Waals surface area contributed by atoms with Crippen molar-refractivity contribution in [2.24, 2.45) is 5.73 Å². The molecule has 1 fully saturated rings. The van der Waals surface area contributed by atoms with E-state index in [2.05, 4.69) is 4.98 Å². The first-order chi connectivity index (χ1) is 8.70. The number of hydrogen-bond acceptors (Lipinski definition) is 4. The molecule has 1 aromatic heterocycles. The van der Waals surface area contributed by atoms with Crippen LogP contribution >= 0.6 is 0 Å². The van der Waals surface area contributed by atoms with E-state index in [9.17, 15) is 9.32 Å². The van der Waals surface area contributed by atoms with Gasteiger partial charge in [0.15, 0.2) is 0 Å². The van der Waals surface area contributed by atoms with E-state index in [-0.39, 0.29) is 0 Å². The average Bonchev–Trinajstić information content (AvgIpc) is 2.47. The van der Waals surface area contributed by atoms with E-state index in [0.29, 0.717) is 5.56 Å². The van der Waals surface area contributed by atoms with Gasteiger partial charge in [-0.05, 0) is 30.5 Å². The van der Waals surface area contributed by atoms with Gasteiger partial charge in [-0.25, -0.2) is 8.51 Å². The zero-order valence-corrected chi connectivity index (χ0v) is 11.1. The molecule has 0 amide bonds. The molecule has 1 aromatic rings. The van der Waals surface area contributed by atoms with Gasteiger partial charge in [-0.1, -0.05) is 6.42 Å². The molecule has 18 heavy (non-hydrogen) atoms. The van der Waals surface area contributed by atoms with Gasteiger partial charge in [0.25, 0.3) is 0 Å². The first-order valence-electron chi connectivity index (χ1n) is 6.19. The van der Waals surface area contributed by atoms with Gasteiger partial charge >= 0.3 is 0 Å². The van der Waals surface area contributed by atoms with Crippen LogP contribution in [0.3, 0.4) is 0 Å². The predicted molar refractivity (Wildman–Crippen MR) is 70.7 cm³/mol. The second-order valence-corrected chi connectivity index (χ2v) is 6.07. The number of pyridine rings is 1. The largest absolute Gasteiger partial charge is 0.386 e. The van der Waals surface area contributed by atoms with E-state index in [1.54, 1.807) is 24.5 Å². The van der Waals surface area contributed by atoms with Gasteiger partial charge in [0.1, 0.15) is 22.5 Å². The first-order valence-corrected chi connectivity index (χ1v) is 7.36. The number of piperidine rings is 1. The number of rotatable bonds is 4. The van der Waals surface area contributed by atoms with Gasteiger partial charge in [0, 0.05) is 25.5 Å². The van der Waals surface area contributed by atoms with Crippen molar-refractivity contribution in [2.75, 3.05) is 13.1 Å². The van der Waals surface area contributed by atoms with Crippen LogP contribution in [-0.4, -0.2) is 37.1 Å². The Kier molecular flexibility index (Phi) is 4.82. The maximum atomic E-state index is 12.2. The highest BCUT2D eigenvalue weighted by Crippen LogP contribution is 2.20. The van der Waals surface area contributed by atoms with E-state index >= 15 is 0 Å². The number of aromatic nitrogens is 1. The molecular formula is C12H19N3O2S. The molecule has 0 saturated carbocycles. The molecule has 6 heteroatoms. The summed E-state index contributed by atoms with van der Waals surface area (Å²) in [6.45, 7) is 1.59. The Morgan fingerprint density at radius 3 is 2.50 bits per heavy atom. The summed E-state index contributed by atoms with van der Waals surface area (Å²) < 4.78 is 14.1. The summed E-state index contributed by atoms with van der Waals surface area (Å²) >= 11 is 0. The van der Waals surface area contributed by atoms with Crippen LogP contribution < -0.4 is 5.73 Å². The Hall–Kier alpha value is -0.820. The summed E-state index contributed by atoms with van der Waals surface area (Å²) in [4.78, 5) is 3.88. The minimum absolute atomic E-state index is 0.655. The highest BCUT2D eigenvalue weighted by molar-refractivity contribution is 7.83. The lowest BCUT2D eigenvalue weighted by atomic mass is 10.1. The molecule has 3 atom stereocenters. The summed E-state index contributed by atoms with van der Waals surface area (Å²) in [5.74, 6) is 0. The minimum Gasteiger partial charge on any atom is -0.386 e. The lowest BCUT2D eigenvalue weighted by Gasteiger charge is -2.29. The third-order valence-corrected chi connectivity index (χ3v) is 4.76. The third-order valence-electron chi connectivity index (χ3n) is 3.16. The SMILES string of the molecule is N[C@H]([C@@H](O)c1ccncc1)S(=O)N1CCCCC1. The van der Waals surface area contributed by atoms with E-state index < -0.39 is 22.5 Å². The molecule has 0 aliphatic carbocycles. The van der Waals surface area contributed by atoms with Crippen LogP contribution in [-0.2, 0) is 11.0 Å². The van der Waals surface area contributed by atoms with Crippen molar-refractivity contribution >= 4 is 11.0 Å². The highest BCUT2D eigenvalue weighted by Gasteiger charge is 2.28. The van der Waals surface area contributed by atoms with E-state index in [1.807, 2.05) is 4.31 Å². The fraction of sp³-hybridized carbons (Fsp3) is 0.583.